The number of hydrogen-bond donors (Lipinski definition) is 1. The van der Waals surface area contributed by atoms with Crippen molar-refractivity contribution < 1.29 is 0 Å². The minimum Gasteiger partial charge on any atom is -0.323 e. The predicted octanol–water partition coefficient (Wildman–Crippen LogP) is 1.24. The molecule has 0 radical (unpaired) electrons. The van der Waals surface area contributed by atoms with E-state index in [-0.39, 0.29) is 0 Å². The van der Waals surface area contributed by atoms with Gasteiger partial charge in [-0.3, -0.25) is 9.59 Å². The second-order valence-corrected chi connectivity index (χ2v) is 3.72. The van der Waals surface area contributed by atoms with E-state index < -0.39 is 11.1 Å². The molecular weight excluding hydrogens is 228 g/mol. The van der Waals surface area contributed by atoms with Crippen LogP contribution in [-0.2, 0) is 6.54 Å². The van der Waals surface area contributed by atoms with E-state index in [2.05, 4.69) is 4.98 Å². The number of hydrogen-bond acceptors (Lipinski definition) is 2. The number of H-pyrrole nitrogens is 1. The Morgan fingerprint density at radius 1 is 1.25 bits per heavy atom. The molecule has 0 saturated carbocycles. The highest BCUT2D eigenvalue weighted by atomic mass is 35.5. The Bertz CT molecular complexity index is 616. The fraction of sp³-hybridized carbons (Fsp3) is 0.0909. The second kappa shape index (κ2) is 4.37. The Labute approximate surface area is 96.1 Å². The van der Waals surface area contributed by atoms with Gasteiger partial charge in [-0.1, -0.05) is 29.8 Å². The van der Waals surface area contributed by atoms with Crippen molar-refractivity contribution in [2.75, 3.05) is 0 Å². The van der Waals surface area contributed by atoms with Crippen LogP contribution in [0.3, 0.4) is 0 Å². The van der Waals surface area contributed by atoms with Crippen LogP contribution in [0.25, 0.3) is 0 Å². The Balaban J connectivity index is 2.43. The van der Waals surface area contributed by atoms with Gasteiger partial charge in [-0.05, 0) is 11.6 Å². The maximum atomic E-state index is 11.5. The van der Waals surface area contributed by atoms with Gasteiger partial charge in [-0.15, -0.1) is 0 Å². The van der Waals surface area contributed by atoms with Crippen LogP contribution in [-0.4, -0.2) is 9.55 Å². The van der Waals surface area contributed by atoms with Gasteiger partial charge in [0.1, 0.15) is 0 Å². The fourth-order valence-electron chi connectivity index (χ4n) is 1.40. The van der Waals surface area contributed by atoms with E-state index in [4.69, 9.17) is 11.6 Å². The van der Waals surface area contributed by atoms with Gasteiger partial charge in [-0.25, -0.2) is 0 Å². The van der Waals surface area contributed by atoms with E-state index in [9.17, 15) is 9.59 Å². The van der Waals surface area contributed by atoms with Gasteiger partial charge in [0, 0.05) is 17.4 Å². The van der Waals surface area contributed by atoms with Gasteiger partial charge >= 0.3 is 11.1 Å². The minimum absolute atomic E-state index is 0.294. The highest BCUT2D eigenvalue weighted by Crippen LogP contribution is 2.15. The van der Waals surface area contributed by atoms with Crippen molar-refractivity contribution in [2.24, 2.45) is 0 Å². The zero-order chi connectivity index (χ0) is 11.5. The summed E-state index contributed by atoms with van der Waals surface area (Å²) in [6.45, 7) is 0.294. The molecule has 1 aromatic heterocycles. The standard InChI is InChI=1S/C11H9ClN2O2/c12-9-4-2-1-3-8(9)7-14-6-5-13-10(15)11(14)16/h1-6H,7H2,(H,13,15). The summed E-state index contributed by atoms with van der Waals surface area (Å²) in [5.74, 6) is 0. The van der Waals surface area contributed by atoms with Gasteiger partial charge in [0.15, 0.2) is 0 Å². The molecule has 0 atom stereocenters. The average Bonchev–Trinajstić information content (AvgIpc) is 2.28. The smallest absolute Gasteiger partial charge is 0.316 e. The SMILES string of the molecule is O=c1[nH]ccn(Cc2ccccc2Cl)c1=O. The molecule has 5 heteroatoms. The van der Waals surface area contributed by atoms with Crippen LogP contribution in [0, 0.1) is 0 Å². The summed E-state index contributed by atoms with van der Waals surface area (Å²) in [4.78, 5) is 24.9. The van der Waals surface area contributed by atoms with Crippen molar-refractivity contribution in [3.05, 3.63) is 68.0 Å². The molecule has 82 valence electrons. The number of rotatable bonds is 2. The Morgan fingerprint density at radius 2 is 2.00 bits per heavy atom. The van der Waals surface area contributed by atoms with Crippen molar-refractivity contribution in [1.82, 2.24) is 9.55 Å². The molecule has 0 spiro atoms. The lowest BCUT2D eigenvalue weighted by molar-refractivity contribution is 0.737. The molecule has 2 rings (SSSR count). The summed E-state index contributed by atoms with van der Waals surface area (Å²) in [5, 5.41) is 0.578. The molecule has 0 aliphatic heterocycles. The quantitative estimate of drug-likeness (QED) is 0.798. The summed E-state index contributed by atoms with van der Waals surface area (Å²) < 4.78 is 1.32. The first kappa shape index (κ1) is 10.7. The summed E-state index contributed by atoms with van der Waals surface area (Å²) >= 11 is 5.96. The normalized spacial score (nSPS) is 10.3. The zero-order valence-electron chi connectivity index (χ0n) is 8.31. The minimum atomic E-state index is -0.630. The zero-order valence-corrected chi connectivity index (χ0v) is 9.07. The maximum absolute atomic E-state index is 11.5. The number of nitrogens with one attached hydrogen (secondary N) is 1. The molecule has 0 amide bonds. The molecule has 0 fully saturated rings. The van der Waals surface area contributed by atoms with Crippen molar-refractivity contribution >= 4 is 11.6 Å². The van der Waals surface area contributed by atoms with Gasteiger partial charge in [-0.2, -0.15) is 0 Å². The van der Waals surface area contributed by atoms with Crippen LogP contribution in [0.5, 0.6) is 0 Å². The Kier molecular flexibility index (Phi) is 2.92. The van der Waals surface area contributed by atoms with Gasteiger partial charge in [0.2, 0.25) is 0 Å². The molecule has 0 aliphatic carbocycles. The first-order valence-corrected chi connectivity index (χ1v) is 5.08. The highest BCUT2D eigenvalue weighted by Gasteiger charge is 2.03. The van der Waals surface area contributed by atoms with Crippen LogP contribution in [0.4, 0.5) is 0 Å². The Morgan fingerprint density at radius 3 is 2.75 bits per heavy atom. The van der Waals surface area contributed by atoms with Crippen LogP contribution >= 0.6 is 11.6 Å². The van der Waals surface area contributed by atoms with Gasteiger partial charge in [0.05, 0.1) is 6.54 Å². The molecule has 0 aliphatic rings. The van der Waals surface area contributed by atoms with E-state index in [0.717, 1.165) is 5.56 Å². The molecular formula is C11H9ClN2O2. The van der Waals surface area contributed by atoms with E-state index in [0.29, 0.717) is 11.6 Å². The number of aromatic nitrogens is 2. The monoisotopic (exact) mass is 236 g/mol. The molecule has 0 unspecified atom stereocenters. The molecule has 0 saturated heterocycles. The van der Waals surface area contributed by atoms with Crippen molar-refractivity contribution in [3.8, 4) is 0 Å². The topological polar surface area (TPSA) is 54.9 Å². The van der Waals surface area contributed by atoms with E-state index in [1.807, 2.05) is 18.2 Å². The first-order chi connectivity index (χ1) is 7.68. The van der Waals surface area contributed by atoms with Crippen LogP contribution < -0.4 is 11.1 Å². The number of halogens is 1. The lowest BCUT2D eigenvalue weighted by Crippen LogP contribution is -2.35. The van der Waals surface area contributed by atoms with Gasteiger partial charge < -0.3 is 9.55 Å². The van der Waals surface area contributed by atoms with Crippen molar-refractivity contribution in [1.29, 1.82) is 0 Å². The van der Waals surface area contributed by atoms with Crippen LogP contribution in [0.1, 0.15) is 5.56 Å². The summed E-state index contributed by atoms with van der Waals surface area (Å²) in [6.07, 6.45) is 2.95. The fourth-order valence-corrected chi connectivity index (χ4v) is 1.59. The highest BCUT2D eigenvalue weighted by molar-refractivity contribution is 6.31. The van der Waals surface area contributed by atoms with E-state index in [1.165, 1.54) is 17.0 Å². The van der Waals surface area contributed by atoms with Crippen LogP contribution in [0.15, 0.2) is 46.2 Å². The molecule has 4 nitrogen and oxygen atoms in total. The van der Waals surface area contributed by atoms with Crippen molar-refractivity contribution in [2.45, 2.75) is 6.54 Å². The third-order valence-corrected chi connectivity index (χ3v) is 2.59. The molecule has 2 aromatic rings. The maximum Gasteiger partial charge on any atom is 0.316 e. The second-order valence-electron chi connectivity index (χ2n) is 3.31. The third-order valence-electron chi connectivity index (χ3n) is 2.22. The lowest BCUT2D eigenvalue weighted by Gasteiger charge is -2.05. The molecule has 1 aromatic carbocycles. The van der Waals surface area contributed by atoms with Crippen LogP contribution in [0.2, 0.25) is 5.02 Å². The van der Waals surface area contributed by atoms with E-state index >= 15 is 0 Å². The summed E-state index contributed by atoms with van der Waals surface area (Å²) in [5.41, 5.74) is -0.408. The lowest BCUT2D eigenvalue weighted by atomic mass is 10.2. The number of aromatic amines is 1. The summed E-state index contributed by atoms with van der Waals surface area (Å²) in [6, 6.07) is 7.21. The molecule has 0 bridgehead atoms. The van der Waals surface area contributed by atoms with Crippen molar-refractivity contribution in [3.63, 3.8) is 0 Å². The third kappa shape index (κ3) is 2.06. The van der Waals surface area contributed by atoms with E-state index in [1.54, 1.807) is 6.07 Å². The first-order valence-electron chi connectivity index (χ1n) is 4.70. The molecule has 1 N–H and O–H groups in total. The van der Waals surface area contributed by atoms with Gasteiger partial charge in [0.25, 0.3) is 0 Å². The largest absolute Gasteiger partial charge is 0.323 e. The Hall–Kier alpha value is -1.81. The summed E-state index contributed by atoms with van der Waals surface area (Å²) in [7, 11) is 0. The molecule has 1 heterocycles. The number of benzene rings is 1. The average molecular weight is 237 g/mol. The predicted molar refractivity (Wildman–Crippen MR) is 61.9 cm³/mol. The number of nitrogens with zero attached hydrogens (tertiary/aromatic N) is 1. The molecule has 16 heavy (non-hydrogen) atoms.